The van der Waals surface area contributed by atoms with Crippen molar-refractivity contribution < 1.29 is 26.3 Å². The monoisotopic (exact) mass is 404 g/mol. The van der Waals surface area contributed by atoms with Gasteiger partial charge < -0.3 is 17.0 Å². The van der Waals surface area contributed by atoms with E-state index < -0.39 is 0 Å². The first-order valence-corrected chi connectivity index (χ1v) is 8.23. The van der Waals surface area contributed by atoms with Crippen LogP contribution in [0.4, 0.5) is 0 Å². The van der Waals surface area contributed by atoms with Crippen molar-refractivity contribution >= 4 is 16.6 Å². The fourth-order valence-corrected chi connectivity index (χ4v) is 2.97. The second-order valence-corrected chi connectivity index (χ2v) is 5.93. The van der Waals surface area contributed by atoms with Gasteiger partial charge in [0.2, 0.25) is 5.78 Å². The molecule has 0 aliphatic rings. The van der Waals surface area contributed by atoms with Gasteiger partial charge in [-0.05, 0) is 21.8 Å². The standard InChI is InChI=1S/C22H17N2O.BrH/c25-22(18-8-2-1-3-9-18)15-24-14-13-21(23-16-24)20-12-6-10-17-7-4-5-11-19(17)20;/h1-14,16H,15H2;1H/q+1;/p-1. The maximum absolute atomic E-state index is 12.3. The zero-order valence-electron chi connectivity index (χ0n) is 14.0. The summed E-state index contributed by atoms with van der Waals surface area (Å²) >= 11 is 0. The van der Waals surface area contributed by atoms with E-state index in [1.165, 1.54) is 10.8 Å². The molecule has 4 heteroatoms. The summed E-state index contributed by atoms with van der Waals surface area (Å²) in [6, 6.07) is 25.8. The van der Waals surface area contributed by atoms with Gasteiger partial charge in [-0.3, -0.25) is 4.79 Å². The van der Waals surface area contributed by atoms with Gasteiger partial charge in [0, 0.05) is 17.2 Å². The molecule has 26 heavy (non-hydrogen) atoms. The molecule has 0 N–H and O–H groups in total. The molecule has 0 atom stereocenters. The Labute approximate surface area is 162 Å². The molecule has 0 spiro atoms. The quantitative estimate of drug-likeness (QED) is 0.376. The zero-order valence-corrected chi connectivity index (χ0v) is 15.6. The molecule has 0 amide bonds. The molecule has 0 saturated carbocycles. The van der Waals surface area contributed by atoms with Crippen LogP contribution in [0.1, 0.15) is 10.4 Å². The second kappa shape index (κ2) is 8.02. The minimum Gasteiger partial charge on any atom is -1.00 e. The van der Waals surface area contributed by atoms with E-state index in [1.807, 2.05) is 65.4 Å². The number of hydrogen-bond donors (Lipinski definition) is 0. The van der Waals surface area contributed by atoms with Crippen molar-refractivity contribution in [2.45, 2.75) is 6.54 Å². The summed E-state index contributed by atoms with van der Waals surface area (Å²) in [5.41, 5.74) is 2.72. The van der Waals surface area contributed by atoms with Gasteiger partial charge in [0.05, 0.1) is 6.20 Å². The predicted octanol–water partition coefficient (Wildman–Crippen LogP) is 1.08. The summed E-state index contributed by atoms with van der Waals surface area (Å²) in [6.07, 6.45) is 3.63. The number of ketones is 1. The van der Waals surface area contributed by atoms with E-state index in [1.54, 1.807) is 6.33 Å². The first-order chi connectivity index (χ1) is 12.3. The first-order valence-electron chi connectivity index (χ1n) is 8.23. The van der Waals surface area contributed by atoms with Crippen LogP contribution in [0.5, 0.6) is 0 Å². The number of rotatable bonds is 4. The van der Waals surface area contributed by atoms with Crippen molar-refractivity contribution in [1.82, 2.24) is 4.98 Å². The third kappa shape index (κ3) is 3.70. The molecule has 0 unspecified atom stereocenters. The zero-order chi connectivity index (χ0) is 17.1. The molecule has 3 nitrogen and oxygen atoms in total. The number of aromatic nitrogens is 2. The molecule has 128 valence electrons. The van der Waals surface area contributed by atoms with Crippen LogP contribution in [0, 0.1) is 0 Å². The van der Waals surface area contributed by atoms with Gasteiger partial charge >= 0.3 is 0 Å². The summed E-state index contributed by atoms with van der Waals surface area (Å²) in [5, 5.41) is 2.37. The Hall–Kier alpha value is -2.85. The molecule has 0 aliphatic heterocycles. The van der Waals surface area contributed by atoms with Crippen molar-refractivity contribution in [3.63, 3.8) is 0 Å². The van der Waals surface area contributed by atoms with Crippen LogP contribution in [0.3, 0.4) is 0 Å². The van der Waals surface area contributed by atoms with Gasteiger partial charge in [0.25, 0.3) is 6.33 Å². The molecular formula is C22H17BrN2O. The van der Waals surface area contributed by atoms with Crippen molar-refractivity contribution in [3.05, 3.63) is 97.0 Å². The number of carbonyl (C=O) groups is 1. The number of benzene rings is 3. The maximum atomic E-state index is 12.3. The molecule has 0 radical (unpaired) electrons. The van der Waals surface area contributed by atoms with Crippen LogP contribution in [-0.2, 0) is 6.54 Å². The first kappa shape index (κ1) is 18.0. The van der Waals surface area contributed by atoms with Gasteiger partial charge in [0.15, 0.2) is 12.2 Å². The topological polar surface area (TPSA) is 33.8 Å². The SMILES string of the molecule is O=C(C[n+]1ccc(-c2cccc3ccccc23)nc1)c1ccccc1.[Br-]. The highest BCUT2D eigenvalue weighted by Gasteiger charge is 2.12. The van der Waals surface area contributed by atoms with Crippen LogP contribution < -0.4 is 21.5 Å². The third-order valence-corrected chi connectivity index (χ3v) is 4.26. The Morgan fingerprint density at radius 1 is 0.846 bits per heavy atom. The molecule has 4 rings (SSSR count). The molecule has 0 bridgehead atoms. The highest BCUT2D eigenvalue weighted by Crippen LogP contribution is 2.26. The van der Waals surface area contributed by atoms with E-state index in [-0.39, 0.29) is 29.3 Å². The van der Waals surface area contributed by atoms with Crippen LogP contribution >= 0.6 is 0 Å². The Balaban J connectivity index is 0.00000196. The van der Waals surface area contributed by atoms with E-state index in [9.17, 15) is 4.79 Å². The van der Waals surface area contributed by atoms with Crippen molar-refractivity contribution in [1.29, 1.82) is 0 Å². The highest BCUT2D eigenvalue weighted by molar-refractivity contribution is 5.96. The van der Waals surface area contributed by atoms with Crippen molar-refractivity contribution in [3.8, 4) is 11.3 Å². The predicted molar refractivity (Wildman–Crippen MR) is 98.1 cm³/mol. The second-order valence-electron chi connectivity index (χ2n) is 5.93. The van der Waals surface area contributed by atoms with Gasteiger partial charge in [-0.25, -0.2) is 4.57 Å². The highest BCUT2D eigenvalue weighted by atomic mass is 79.9. The van der Waals surface area contributed by atoms with Crippen LogP contribution in [-0.4, -0.2) is 10.8 Å². The lowest BCUT2D eigenvalue weighted by Crippen LogP contribution is -3.00. The normalized spacial score (nSPS) is 10.3. The summed E-state index contributed by atoms with van der Waals surface area (Å²) in [7, 11) is 0. The number of hydrogen-bond acceptors (Lipinski definition) is 2. The largest absolute Gasteiger partial charge is 1.00 e. The fraction of sp³-hybridized carbons (Fsp3) is 0.0455. The average Bonchev–Trinajstić information content (AvgIpc) is 2.69. The molecule has 4 aromatic rings. The molecule has 3 aromatic carbocycles. The minimum absolute atomic E-state index is 0. The summed E-state index contributed by atoms with van der Waals surface area (Å²) in [4.78, 5) is 16.9. The summed E-state index contributed by atoms with van der Waals surface area (Å²) < 4.78 is 1.81. The molecule has 0 aliphatic carbocycles. The van der Waals surface area contributed by atoms with E-state index in [0.29, 0.717) is 5.56 Å². The lowest BCUT2D eigenvalue weighted by atomic mass is 10.0. The maximum Gasteiger partial charge on any atom is 0.287 e. The number of carbonyl (C=O) groups excluding carboxylic acids is 1. The van der Waals surface area contributed by atoms with Crippen molar-refractivity contribution in [2.24, 2.45) is 0 Å². The lowest BCUT2D eigenvalue weighted by Gasteiger charge is -2.03. The summed E-state index contributed by atoms with van der Waals surface area (Å²) in [5.74, 6) is 0.0744. The van der Waals surface area contributed by atoms with Crippen LogP contribution in [0.15, 0.2) is 91.4 Å². The number of Topliss-reactive ketones (excluding diaryl/α,β-unsaturated/α-hetero) is 1. The van der Waals surface area contributed by atoms with E-state index in [2.05, 4.69) is 29.2 Å². The van der Waals surface area contributed by atoms with Gasteiger partial charge in [-0.2, -0.15) is 0 Å². The van der Waals surface area contributed by atoms with Gasteiger partial charge in [0.1, 0.15) is 0 Å². The molecular weight excluding hydrogens is 388 g/mol. The molecule has 0 saturated heterocycles. The number of nitrogens with zero attached hydrogens (tertiary/aromatic N) is 2. The van der Waals surface area contributed by atoms with E-state index in [0.717, 1.165) is 11.3 Å². The average molecular weight is 405 g/mol. The molecule has 0 fully saturated rings. The van der Waals surface area contributed by atoms with Crippen molar-refractivity contribution in [2.75, 3.05) is 0 Å². The van der Waals surface area contributed by atoms with Gasteiger partial charge in [-0.15, -0.1) is 0 Å². The Kier molecular flexibility index (Phi) is 5.54. The van der Waals surface area contributed by atoms with Gasteiger partial charge in [-0.1, -0.05) is 66.7 Å². The molecule has 1 heterocycles. The smallest absolute Gasteiger partial charge is 0.287 e. The third-order valence-electron chi connectivity index (χ3n) is 4.26. The van der Waals surface area contributed by atoms with Crippen LogP contribution in [0.25, 0.3) is 22.0 Å². The number of halogens is 1. The number of fused-ring (bicyclic) bond motifs is 1. The lowest BCUT2D eigenvalue weighted by molar-refractivity contribution is -0.686. The summed E-state index contributed by atoms with van der Waals surface area (Å²) in [6.45, 7) is 0.285. The molecule has 1 aromatic heterocycles. The van der Waals surface area contributed by atoms with E-state index in [4.69, 9.17) is 0 Å². The Morgan fingerprint density at radius 3 is 2.35 bits per heavy atom. The minimum atomic E-state index is 0. The van der Waals surface area contributed by atoms with E-state index >= 15 is 0 Å². The fourth-order valence-electron chi connectivity index (χ4n) is 2.97. The Morgan fingerprint density at radius 2 is 1.58 bits per heavy atom. The van der Waals surface area contributed by atoms with Crippen LogP contribution in [0.2, 0.25) is 0 Å². The Bertz CT molecular complexity index is 1030.